The van der Waals surface area contributed by atoms with Crippen molar-refractivity contribution >= 4 is 22.9 Å². The molecule has 0 unspecified atom stereocenters. The quantitative estimate of drug-likeness (QED) is 0.717. The number of anilines is 1. The minimum Gasteiger partial charge on any atom is -0.441 e. The highest BCUT2D eigenvalue weighted by Crippen LogP contribution is 2.24. The Morgan fingerprint density at radius 3 is 2.67 bits per heavy atom. The minimum absolute atomic E-state index is 0.0195. The van der Waals surface area contributed by atoms with Crippen molar-refractivity contribution in [3.05, 3.63) is 52.8 Å². The van der Waals surface area contributed by atoms with Crippen molar-refractivity contribution in [2.24, 2.45) is 0 Å². The van der Waals surface area contributed by atoms with Crippen molar-refractivity contribution < 1.29 is 9.21 Å². The van der Waals surface area contributed by atoms with E-state index < -0.39 is 0 Å². The third-order valence-corrected chi connectivity index (χ3v) is 4.24. The van der Waals surface area contributed by atoms with Gasteiger partial charge in [-0.2, -0.15) is 0 Å². The third-order valence-electron chi connectivity index (χ3n) is 3.60. The Labute approximate surface area is 144 Å². The zero-order valence-corrected chi connectivity index (χ0v) is 14.5. The summed E-state index contributed by atoms with van der Waals surface area (Å²) in [6, 6.07) is 7.50. The number of amides is 1. The van der Waals surface area contributed by atoms with E-state index in [1.165, 1.54) is 0 Å². The Bertz CT molecular complexity index is 792. The van der Waals surface area contributed by atoms with E-state index in [9.17, 15) is 4.79 Å². The molecule has 1 amide bonds. The molecular formula is C18H19N3O2S. The molecule has 2 heterocycles. The van der Waals surface area contributed by atoms with Gasteiger partial charge in [0.05, 0.1) is 17.4 Å². The van der Waals surface area contributed by atoms with Gasteiger partial charge in [-0.15, -0.1) is 11.3 Å². The molecule has 0 saturated carbocycles. The van der Waals surface area contributed by atoms with E-state index in [0.29, 0.717) is 24.7 Å². The number of nitrogens with one attached hydrogen (secondary N) is 1. The van der Waals surface area contributed by atoms with E-state index in [-0.39, 0.29) is 5.91 Å². The van der Waals surface area contributed by atoms with E-state index >= 15 is 0 Å². The Balaban J connectivity index is 1.58. The number of aromatic nitrogens is 2. The summed E-state index contributed by atoms with van der Waals surface area (Å²) in [5.74, 6) is 1.75. The monoisotopic (exact) mass is 341 g/mol. The number of oxazole rings is 1. The topological polar surface area (TPSA) is 68.0 Å². The summed E-state index contributed by atoms with van der Waals surface area (Å²) in [5, 5.41) is 4.85. The maximum atomic E-state index is 12.0. The summed E-state index contributed by atoms with van der Waals surface area (Å²) in [6.45, 7) is 4.13. The number of carbonyl (C=O) groups is 1. The molecule has 0 saturated heterocycles. The highest BCUT2D eigenvalue weighted by Gasteiger charge is 2.10. The minimum atomic E-state index is -0.0195. The van der Waals surface area contributed by atoms with Gasteiger partial charge in [-0.1, -0.05) is 13.8 Å². The van der Waals surface area contributed by atoms with Crippen molar-refractivity contribution in [2.75, 3.05) is 5.32 Å². The molecule has 0 spiro atoms. The standard InChI is InChI=1S/C18H19N3O2S/c1-12(2)16-9-19-18(23-16)13-3-5-14(6-4-13)21-17(22)8-7-15-10-24-11-20-15/h3-6,9-12H,7-8H2,1-2H3,(H,21,22). The van der Waals surface area contributed by atoms with Crippen LogP contribution in [0, 0.1) is 0 Å². The molecule has 0 aliphatic carbocycles. The summed E-state index contributed by atoms with van der Waals surface area (Å²) in [4.78, 5) is 20.4. The molecular weight excluding hydrogens is 322 g/mol. The van der Waals surface area contributed by atoms with Crippen LogP contribution < -0.4 is 5.32 Å². The summed E-state index contributed by atoms with van der Waals surface area (Å²) in [6.07, 6.45) is 2.83. The first-order valence-corrected chi connectivity index (χ1v) is 8.79. The molecule has 0 atom stereocenters. The van der Waals surface area contributed by atoms with Crippen LogP contribution in [0.3, 0.4) is 0 Å². The molecule has 0 aliphatic heterocycles. The molecule has 1 aromatic carbocycles. The van der Waals surface area contributed by atoms with Crippen molar-refractivity contribution in [3.8, 4) is 11.5 Å². The lowest BCUT2D eigenvalue weighted by atomic mass is 10.2. The fourth-order valence-corrected chi connectivity index (χ4v) is 2.80. The van der Waals surface area contributed by atoms with Crippen LogP contribution in [-0.2, 0) is 11.2 Å². The zero-order valence-electron chi connectivity index (χ0n) is 13.7. The zero-order chi connectivity index (χ0) is 16.9. The van der Waals surface area contributed by atoms with Crippen LogP contribution in [0.5, 0.6) is 0 Å². The van der Waals surface area contributed by atoms with Crippen molar-refractivity contribution in [2.45, 2.75) is 32.6 Å². The molecule has 124 valence electrons. The lowest BCUT2D eigenvalue weighted by Gasteiger charge is -2.05. The van der Waals surface area contributed by atoms with Gasteiger partial charge >= 0.3 is 0 Å². The van der Waals surface area contributed by atoms with E-state index in [4.69, 9.17) is 4.42 Å². The Morgan fingerprint density at radius 1 is 1.25 bits per heavy atom. The SMILES string of the molecule is CC(C)c1cnc(-c2ccc(NC(=O)CCc3cscn3)cc2)o1. The molecule has 3 aromatic rings. The highest BCUT2D eigenvalue weighted by molar-refractivity contribution is 7.07. The molecule has 5 nitrogen and oxygen atoms in total. The van der Waals surface area contributed by atoms with E-state index in [0.717, 1.165) is 22.7 Å². The Kier molecular flexibility index (Phi) is 5.05. The van der Waals surface area contributed by atoms with E-state index in [2.05, 4.69) is 29.1 Å². The Hall–Kier alpha value is -2.47. The second-order valence-electron chi connectivity index (χ2n) is 5.83. The average Bonchev–Trinajstić information content (AvgIpc) is 3.25. The van der Waals surface area contributed by atoms with Crippen molar-refractivity contribution in [3.63, 3.8) is 0 Å². The van der Waals surface area contributed by atoms with Gasteiger partial charge in [0.2, 0.25) is 11.8 Å². The summed E-state index contributed by atoms with van der Waals surface area (Å²) >= 11 is 1.54. The number of nitrogens with zero attached hydrogens (tertiary/aromatic N) is 2. The number of rotatable bonds is 6. The van der Waals surface area contributed by atoms with Crippen LogP contribution in [0.4, 0.5) is 5.69 Å². The van der Waals surface area contributed by atoms with Crippen molar-refractivity contribution in [1.29, 1.82) is 0 Å². The molecule has 0 bridgehead atoms. The third kappa shape index (κ3) is 4.08. The fraction of sp³-hybridized carbons (Fsp3) is 0.278. The average molecular weight is 341 g/mol. The number of aryl methyl sites for hydroxylation is 1. The number of carbonyl (C=O) groups excluding carboxylic acids is 1. The predicted octanol–water partition coefficient (Wildman–Crippen LogP) is 4.49. The lowest BCUT2D eigenvalue weighted by Crippen LogP contribution is -2.12. The van der Waals surface area contributed by atoms with Crippen LogP contribution in [0.1, 0.15) is 37.6 Å². The number of hydrogen-bond donors (Lipinski definition) is 1. The first-order valence-electron chi connectivity index (χ1n) is 7.85. The van der Waals surface area contributed by atoms with Crippen LogP contribution in [0.25, 0.3) is 11.5 Å². The van der Waals surface area contributed by atoms with Gasteiger partial charge < -0.3 is 9.73 Å². The van der Waals surface area contributed by atoms with Gasteiger partial charge in [-0.3, -0.25) is 4.79 Å². The van der Waals surface area contributed by atoms with Crippen LogP contribution in [0.15, 0.2) is 45.8 Å². The molecule has 24 heavy (non-hydrogen) atoms. The normalized spacial score (nSPS) is 11.0. The first-order chi connectivity index (χ1) is 11.6. The smallest absolute Gasteiger partial charge is 0.226 e. The summed E-state index contributed by atoms with van der Waals surface area (Å²) in [5.41, 5.74) is 4.38. The van der Waals surface area contributed by atoms with Crippen LogP contribution in [-0.4, -0.2) is 15.9 Å². The summed E-state index contributed by atoms with van der Waals surface area (Å²) < 4.78 is 5.73. The second-order valence-corrected chi connectivity index (χ2v) is 6.55. The molecule has 0 fully saturated rings. The van der Waals surface area contributed by atoms with Crippen molar-refractivity contribution in [1.82, 2.24) is 9.97 Å². The predicted molar refractivity (Wildman–Crippen MR) is 95.1 cm³/mol. The van der Waals surface area contributed by atoms with Gasteiger partial charge in [-0.05, 0) is 30.7 Å². The van der Waals surface area contributed by atoms with Gasteiger partial charge in [0.1, 0.15) is 5.76 Å². The Morgan fingerprint density at radius 2 is 2.04 bits per heavy atom. The maximum absolute atomic E-state index is 12.0. The van der Waals surface area contributed by atoms with Crippen LogP contribution >= 0.6 is 11.3 Å². The molecule has 0 radical (unpaired) electrons. The van der Waals surface area contributed by atoms with E-state index in [1.54, 1.807) is 23.0 Å². The number of thiazole rings is 1. The molecule has 0 aliphatic rings. The fourth-order valence-electron chi connectivity index (χ4n) is 2.21. The van der Waals surface area contributed by atoms with Gasteiger partial charge in [0, 0.05) is 29.0 Å². The largest absolute Gasteiger partial charge is 0.441 e. The highest BCUT2D eigenvalue weighted by atomic mass is 32.1. The van der Waals surface area contributed by atoms with Gasteiger partial charge in [0.15, 0.2) is 0 Å². The van der Waals surface area contributed by atoms with Gasteiger partial charge in [-0.25, -0.2) is 9.97 Å². The second kappa shape index (κ2) is 7.40. The number of benzene rings is 1. The summed E-state index contributed by atoms with van der Waals surface area (Å²) in [7, 11) is 0. The molecule has 6 heteroatoms. The number of hydrogen-bond acceptors (Lipinski definition) is 5. The van der Waals surface area contributed by atoms with E-state index in [1.807, 2.05) is 29.6 Å². The molecule has 3 rings (SSSR count). The lowest BCUT2D eigenvalue weighted by molar-refractivity contribution is -0.116. The van der Waals surface area contributed by atoms with Gasteiger partial charge in [0.25, 0.3) is 0 Å². The first kappa shape index (κ1) is 16.4. The maximum Gasteiger partial charge on any atom is 0.226 e. The van der Waals surface area contributed by atoms with Crippen LogP contribution in [0.2, 0.25) is 0 Å². The molecule has 2 aromatic heterocycles. The molecule has 1 N–H and O–H groups in total.